The van der Waals surface area contributed by atoms with Crippen molar-refractivity contribution < 1.29 is 9.53 Å². The minimum absolute atomic E-state index is 0. The highest BCUT2D eigenvalue weighted by Gasteiger charge is 2.25. The second kappa shape index (κ2) is 9.19. The Morgan fingerprint density at radius 3 is 2.67 bits per heavy atom. The van der Waals surface area contributed by atoms with Crippen molar-refractivity contribution in [2.24, 2.45) is 5.92 Å². The van der Waals surface area contributed by atoms with Gasteiger partial charge in [-0.2, -0.15) is 0 Å². The molecule has 1 amide bonds. The number of hydrogen-bond donors (Lipinski definition) is 2. The molecule has 1 aliphatic rings. The lowest BCUT2D eigenvalue weighted by molar-refractivity contribution is 0.0909. The van der Waals surface area contributed by atoms with E-state index >= 15 is 0 Å². The summed E-state index contributed by atoms with van der Waals surface area (Å²) >= 11 is 0. The third-order valence-corrected chi connectivity index (χ3v) is 4.71. The molecular formula is C19H28ClN5O2. The molecule has 148 valence electrons. The Labute approximate surface area is 166 Å². The number of nitrogens with zero attached hydrogens (tertiary/aromatic N) is 3. The molecule has 1 fully saturated rings. The zero-order valence-electron chi connectivity index (χ0n) is 16.2. The van der Waals surface area contributed by atoms with Gasteiger partial charge in [0.1, 0.15) is 5.75 Å². The summed E-state index contributed by atoms with van der Waals surface area (Å²) < 4.78 is 7.34. The molecule has 3 rings (SSSR count). The first-order valence-corrected chi connectivity index (χ1v) is 9.16. The van der Waals surface area contributed by atoms with Gasteiger partial charge in [-0.3, -0.25) is 4.79 Å². The lowest BCUT2D eigenvalue weighted by Crippen LogP contribution is -2.50. The van der Waals surface area contributed by atoms with Crippen LogP contribution in [-0.2, 0) is 0 Å². The van der Waals surface area contributed by atoms with Crippen molar-refractivity contribution in [3.05, 3.63) is 35.7 Å². The van der Waals surface area contributed by atoms with E-state index in [4.69, 9.17) is 4.74 Å². The number of piperidine rings is 1. The molecule has 2 heterocycles. The number of carbonyl (C=O) groups excluding carboxylic acids is 1. The van der Waals surface area contributed by atoms with Crippen LogP contribution < -0.4 is 15.4 Å². The summed E-state index contributed by atoms with van der Waals surface area (Å²) in [6, 6.07) is 7.73. The van der Waals surface area contributed by atoms with Gasteiger partial charge < -0.3 is 15.4 Å². The molecule has 2 N–H and O–H groups in total. The van der Waals surface area contributed by atoms with Crippen LogP contribution in [-0.4, -0.2) is 46.1 Å². The average molecular weight is 394 g/mol. The number of rotatable bonds is 5. The van der Waals surface area contributed by atoms with E-state index in [1.807, 2.05) is 45.0 Å². The van der Waals surface area contributed by atoms with Crippen molar-refractivity contribution in [2.75, 3.05) is 13.1 Å². The van der Waals surface area contributed by atoms with E-state index in [1.54, 1.807) is 4.68 Å². The van der Waals surface area contributed by atoms with Crippen LogP contribution in [0, 0.1) is 12.8 Å². The molecule has 2 unspecified atom stereocenters. The second-order valence-corrected chi connectivity index (χ2v) is 7.15. The first-order chi connectivity index (χ1) is 12.5. The molecule has 0 spiro atoms. The first kappa shape index (κ1) is 21.2. The number of carbonyl (C=O) groups is 1. The zero-order valence-corrected chi connectivity index (χ0v) is 17.0. The van der Waals surface area contributed by atoms with Crippen LogP contribution in [0.5, 0.6) is 5.75 Å². The first-order valence-electron chi connectivity index (χ1n) is 9.16. The van der Waals surface area contributed by atoms with Crippen molar-refractivity contribution in [1.82, 2.24) is 25.6 Å². The van der Waals surface area contributed by atoms with Gasteiger partial charge in [-0.05, 0) is 63.9 Å². The molecule has 0 radical (unpaired) electrons. The summed E-state index contributed by atoms with van der Waals surface area (Å²) in [6.07, 6.45) is 1.18. The highest BCUT2D eigenvalue weighted by Crippen LogP contribution is 2.18. The predicted molar refractivity (Wildman–Crippen MR) is 107 cm³/mol. The minimum atomic E-state index is -0.172. The Kier molecular flexibility index (Phi) is 7.21. The van der Waals surface area contributed by atoms with Crippen molar-refractivity contribution >= 4 is 18.3 Å². The topological polar surface area (TPSA) is 81.1 Å². The van der Waals surface area contributed by atoms with Crippen LogP contribution in [0.2, 0.25) is 0 Å². The predicted octanol–water partition coefficient (Wildman–Crippen LogP) is 2.51. The van der Waals surface area contributed by atoms with Crippen molar-refractivity contribution in [3.63, 3.8) is 0 Å². The molecule has 1 aromatic heterocycles. The fraction of sp³-hybridized carbons (Fsp3) is 0.526. The van der Waals surface area contributed by atoms with E-state index in [2.05, 4.69) is 27.9 Å². The van der Waals surface area contributed by atoms with Gasteiger partial charge in [-0.15, -0.1) is 17.5 Å². The average Bonchev–Trinajstić information content (AvgIpc) is 2.99. The Balaban J connectivity index is 0.00000261. The van der Waals surface area contributed by atoms with Gasteiger partial charge in [0, 0.05) is 12.6 Å². The maximum absolute atomic E-state index is 12.6. The number of amides is 1. The summed E-state index contributed by atoms with van der Waals surface area (Å²) in [6.45, 7) is 9.79. The summed E-state index contributed by atoms with van der Waals surface area (Å²) in [7, 11) is 0. The van der Waals surface area contributed by atoms with Crippen LogP contribution in [0.1, 0.15) is 43.4 Å². The third kappa shape index (κ3) is 4.99. The summed E-state index contributed by atoms with van der Waals surface area (Å²) in [5.74, 6) is 1.08. The summed E-state index contributed by atoms with van der Waals surface area (Å²) in [5, 5.41) is 14.7. The smallest absolute Gasteiger partial charge is 0.274 e. The van der Waals surface area contributed by atoms with Crippen molar-refractivity contribution in [2.45, 2.75) is 46.3 Å². The fourth-order valence-corrected chi connectivity index (χ4v) is 3.14. The highest BCUT2D eigenvalue weighted by atomic mass is 35.5. The number of halogens is 1. The highest BCUT2D eigenvalue weighted by molar-refractivity contribution is 5.93. The lowest BCUT2D eigenvalue weighted by atomic mass is 9.95. The number of aromatic nitrogens is 3. The lowest BCUT2D eigenvalue weighted by Gasteiger charge is -2.29. The standard InChI is InChI=1S/C19H27N5O2.ClH/c1-12(2)26-16-7-5-15(6-8-16)24-14(4)18(22-23-24)19(25)21-17-11-20-10-9-13(17)3;/h5-8,12-13,17,20H,9-11H2,1-4H3,(H,21,25);1H. The van der Waals surface area contributed by atoms with Gasteiger partial charge >= 0.3 is 0 Å². The number of ether oxygens (including phenoxy) is 1. The van der Waals surface area contributed by atoms with Gasteiger partial charge in [-0.25, -0.2) is 4.68 Å². The van der Waals surface area contributed by atoms with E-state index in [0.29, 0.717) is 11.6 Å². The Hall–Kier alpha value is -2.12. The van der Waals surface area contributed by atoms with E-state index in [-0.39, 0.29) is 30.5 Å². The maximum Gasteiger partial charge on any atom is 0.274 e. The minimum Gasteiger partial charge on any atom is -0.491 e. The Morgan fingerprint density at radius 1 is 1.33 bits per heavy atom. The van der Waals surface area contributed by atoms with Crippen LogP contribution in [0.25, 0.3) is 5.69 Å². The number of hydrogen-bond acceptors (Lipinski definition) is 5. The number of benzene rings is 1. The molecule has 0 saturated carbocycles. The monoisotopic (exact) mass is 393 g/mol. The van der Waals surface area contributed by atoms with E-state index < -0.39 is 0 Å². The fourth-order valence-electron chi connectivity index (χ4n) is 3.14. The van der Waals surface area contributed by atoms with E-state index in [1.165, 1.54) is 0 Å². The summed E-state index contributed by atoms with van der Waals surface area (Å²) in [5.41, 5.74) is 1.93. The largest absolute Gasteiger partial charge is 0.491 e. The molecule has 1 aromatic carbocycles. The van der Waals surface area contributed by atoms with Crippen LogP contribution in [0.4, 0.5) is 0 Å². The summed E-state index contributed by atoms with van der Waals surface area (Å²) in [4.78, 5) is 12.6. The molecule has 27 heavy (non-hydrogen) atoms. The Bertz CT molecular complexity index is 760. The van der Waals surface area contributed by atoms with Gasteiger partial charge in [-0.1, -0.05) is 12.1 Å². The molecule has 7 nitrogen and oxygen atoms in total. The number of nitrogens with one attached hydrogen (secondary N) is 2. The van der Waals surface area contributed by atoms with Crippen molar-refractivity contribution in [1.29, 1.82) is 0 Å². The molecule has 2 aromatic rings. The van der Waals surface area contributed by atoms with E-state index in [9.17, 15) is 4.79 Å². The molecule has 0 bridgehead atoms. The van der Waals surface area contributed by atoms with Gasteiger partial charge in [0.2, 0.25) is 0 Å². The van der Waals surface area contributed by atoms with E-state index in [0.717, 1.165) is 36.6 Å². The van der Waals surface area contributed by atoms with Gasteiger partial charge in [0.15, 0.2) is 5.69 Å². The molecule has 0 aliphatic carbocycles. The maximum atomic E-state index is 12.6. The SMILES string of the molecule is Cc1c(C(=O)NC2CNCCC2C)nnn1-c1ccc(OC(C)C)cc1.Cl. The molecule has 2 atom stereocenters. The molecule has 8 heteroatoms. The molecular weight excluding hydrogens is 366 g/mol. The van der Waals surface area contributed by atoms with Crippen LogP contribution in [0.15, 0.2) is 24.3 Å². The molecule has 1 saturated heterocycles. The van der Waals surface area contributed by atoms with Gasteiger partial charge in [0.25, 0.3) is 5.91 Å². The van der Waals surface area contributed by atoms with Crippen LogP contribution >= 0.6 is 12.4 Å². The van der Waals surface area contributed by atoms with Crippen molar-refractivity contribution in [3.8, 4) is 11.4 Å². The quantitative estimate of drug-likeness (QED) is 0.815. The molecule has 1 aliphatic heterocycles. The third-order valence-electron chi connectivity index (χ3n) is 4.71. The second-order valence-electron chi connectivity index (χ2n) is 7.15. The Morgan fingerprint density at radius 2 is 2.04 bits per heavy atom. The van der Waals surface area contributed by atoms with Crippen LogP contribution in [0.3, 0.4) is 0 Å². The zero-order chi connectivity index (χ0) is 18.7. The van der Waals surface area contributed by atoms with Gasteiger partial charge in [0.05, 0.1) is 17.5 Å². The normalized spacial score (nSPS) is 19.4.